The van der Waals surface area contributed by atoms with Crippen LogP contribution in [0.2, 0.25) is 0 Å². The normalized spacial score (nSPS) is 13.3. The van der Waals surface area contributed by atoms with E-state index in [-0.39, 0.29) is 0 Å². The van der Waals surface area contributed by atoms with Gasteiger partial charge >= 0.3 is 0 Å². The van der Waals surface area contributed by atoms with Crippen molar-refractivity contribution in [1.82, 2.24) is 20.5 Å². The van der Waals surface area contributed by atoms with Gasteiger partial charge in [-0.3, -0.25) is 4.99 Å². The van der Waals surface area contributed by atoms with E-state index in [9.17, 15) is 8.42 Å². The maximum absolute atomic E-state index is 11.4. The summed E-state index contributed by atoms with van der Waals surface area (Å²) in [6.45, 7) is 8.71. The monoisotopic (exact) mass is 373 g/mol. The zero-order valence-electron chi connectivity index (χ0n) is 16.0. The van der Waals surface area contributed by atoms with E-state index in [4.69, 9.17) is 4.52 Å². The van der Waals surface area contributed by atoms with Gasteiger partial charge in [0.25, 0.3) is 0 Å². The summed E-state index contributed by atoms with van der Waals surface area (Å²) in [5, 5.41) is 10.4. The molecule has 144 valence electrons. The molecule has 0 aliphatic rings. The summed E-state index contributed by atoms with van der Waals surface area (Å²) in [6, 6.07) is 1.97. The molecule has 1 heterocycles. The Kier molecular flexibility index (Phi) is 7.88. The van der Waals surface area contributed by atoms with Crippen molar-refractivity contribution in [2.24, 2.45) is 4.99 Å². The minimum absolute atomic E-state index is 0.384. The highest BCUT2D eigenvalue weighted by Crippen LogP contribution is 2.22. The van der Waals surface area contributed by atoms with Crippen LogP contribution in [0.25, 0.3) is 0 Å². The van der Waals surface area contributed by atoms with Crippen molar-refractivity contribution >= 4 is 16.0 Å². The fourth-order valence-electron chi connectivity index (χ4n) is 2.55. The molecule has 0 aromatic carbocycles. The van der Waals surface area contributed by atoms with Crippen LogP contribution in [0.1, 0.15) is 57.9 Å². The summed E-state index contributed by atoms with van der Waals surface area (Å²) in [4.78, 5) is 4.13. The molecule has 0 aliphatic carbocycles. The van der Waals surface area contributed by atoms with Crippen molar-refractivity contribution in [3.05, 3.63) is 17.5 Å². The largest absolute Gasteiger partial charge is 0.359 e. The number of nitrogens with one attached hydrogen (secondary N) is 3. The zero-order valence-corrected chi connectivity index (χ0v) is 16.8. The SMILES string of the molecule is CCC(CC)c1cc(CNC(=NC)NCC(C)(C)NS(C)(=O)=O)on1. The molecule has 0 spiro atoms. The molecule has 1 rings (SSSR count). The molecule has 25 heavy (non-hydrogen) atoms. The predicted molar refractivity (Wildman–Crippen MR) is 100 cm³/mol. The second-order valence-corrected chi connectivity index (χ2v) is 8.52. The highest BCUT2D eigenvalue weighted by atomic mass is 32.2. The van der Waals surface area contributed by atoms with Gasteiger partial charge in [0.1, 0.15) is 0 Å². The van der Waals surface area contributed by atoms with E-state index < -0.39 is 15.6 Å². The van der Waals surface area contributed by atoms with Crippen LogP contribution in [0.15, 0.2) is 15.6 Å². The first-order valence-corrected chi connectivity index (χ1v) is 10.4. The third-order valence-electron chi connectivity index (χ3n) is 3.79. The second-order valence-electron chi connectivity index (χ2n) is 6.77. The lowest BCUT2D eigenvalue weighted by atomic mass is 9.99. The lowest BCUT2D eigenvalue weighted by molar-refractivity contribution is 0.367. The van der Waals surface area contributed by atoms with Crippen LogP contribution >= 0.6 is 0 Å². The molecular formula is C16H31N5O3S. The predicted octanol–water partition coefficient (Wildman–Crippen LogP) is 1.57. The van der Waals surface area contributed by atoms with Crippen LogP contribution in [0.3, 0.4) is 0 Å². The number of guanidine groups is 1. The topological polar surface area (TPSA) is 109 Å². The van der Waals surface area contributed by atoms with Gasteiger partial charge in [-0.1, -0.05) is 19.0 Å². The van der Waals surface area contributed by atoms with Gasteiger partial charge in [-0.25, -0.2) is 13.1 Å². The number of nitrogens with zero attached hydrogens (tertiary/aromatic N) is 2. The molecule has 0 unspecified atom stereocenters. The van der Waals surface area contributed by atoms with Crippen LogP contribution in [-0.2, 0) is 16.6 Å². The molecule has 0 atom stereocenters. The lowest BCUT2D eigenvalue weighted by Crippen LogP contribution is -2.52. The minimum Gasteiger partial charge on any atom is -0.359 e. The van der Waals surface area contributed by atoms with E-state index >= 15 is 0 Å². The summed E-state index contributed by atoms with van der Waals surface area (Å²) in [5.74, 6) is 1.71. The molecule has 9 heteroatoms. The maximum atomic E-state index is 11.4. The molecule has 1 aromatic heterocycles. The molecule has 0 saturated carbocycles. The Morgan fingerprint density at radius 3 is 2.48 bits per heavy atom. The first-order chi connectivity index (χ1) is 11.6. The number of hydrogen-bond donors (Lipinski definition) is 3. The van der Waals surface area contributed by atoms with Crippen molar-refractivity contribution in [3.63, 3.8) is 0 Å². The van der Waals surface area contributed by atoms with Crippen LogP contribution in [-0.4, -0.2) is 44.9 Å². The Morgan fingerprint density at radius 1 is 1.32 bits per heavy atom. The Morgan fingerprint density at radius 2 is 1.96 bits per heavy atom. The Hall–Kier alpha value is -1.61. The lowest BCUT2D eigenvalue weighted by Gasteiger charge is -2.26. The number of aliphatic imine (C=N–C) groups is 1. The fourth-order valence-corrected chi connectivity index (χ4v) is 3.62. The van der Waals surface area contributed by atoms with Crippen LogP contribution in [0, 0.1) is 0 Å². The van der Waals surface area contributed by atoms with E-state index in [0.29, 0.717) is 25.0 Å². The first kappa shape index (κ1) is 21.4. The van der Waals surface area contributed by atoms with Crippen molar-refractivity contribution in [2.75, 3.05) is 19.8 Å². The quantitative estimate of drug-likeness (QED) is 0.448. The van der Waals surface area contributed by atoms with Gasteiger partial charge in [-0.15, -0.1) is 0 Å². The zero-order chi connectivity index (χ0) is 19.1. The molecule has 0 bridgehead atoms. The fraction of sp³-hybridized carbons (Fsp3) is 0.750. The Labute approximate surface area is 150 Å². The van der Waals surface area contributed by atoms with Crippen LogP contribution in [0.5, 0.6) is 0 Å². The number of sulfonamides is 1. The van der Waals surface area contributed by atoms with Gasteiger partial charge in [0.15, 0.2) is 11.7 Å². The molecule has 0 radical (unpaired) electrons. The van der Waals surface area contributed by atoms with Gasteiger partial charge in [0, 0.05) is 31.1 Å². The summed E-state index contributed by atoms with van der Waals surface area (Å²) < 4.78 is 30.7. The standard InChI is InChI=1S/C16H31N5O3S/c1-7-12(8-2)14-9-13(24-20-14)10-18-15(17-5)19-11-16(3,4)21-25(6,22)23/h9,12,21H,7-8,10-11H2,1-6H3,(H2,17,18,19). The van der Waals surface area contributed by atoms with E-state index in [1.54, 1.807) is 20.9 Å². The van der Waals surface area contributed by atoms with Gasteiger partial charge in [0.2, 0.25) is 10.0 Å². The van der Waals surface area contributed by atoms with Gasteiger partial charge in [-0.2, -0.15) is 0 Å². The van der Waals surface area contributed by atoms with Gasteiger partial charge in [-0.05, 0) is 26.7 Å². The molecule has 0 fully saturated rings. The van der Waals surface area contributed by atoms with Crippen molar-refractivity contribution < 1.29 is 12.9 Å². The van der Waals surface area contributed by atoms with Gasteiger partial charge < -0.3 is 15.2 Å². The third kappa shape index (κ3) is 7.87. The average molecular weight is 374 g/mol. The highest BCUT2D eigenvalue weighted by Gasteiger charge is 2.22. The van der Waals surface area contributed by atoms with Crippen molar-refractivity contribution in [2.45, 2.75) is 58.5 Å². The van der Waals surface area contributed by atoms with Crippen molar-refractivity contribution in [1.29, 1.82) is 0 Å². The van der Waals surface area contributed by atoms with Crippen LogP contribution < -0.4 is 15.4 Å². The Bertz CT molecular complexity index is 663. The highest BCUT2D eigenvalue weighted by molar-refractivity contribution is 7.88. The maximum Gasteiger partial charge on any atom is 0.209 e. The number of aromatic nitrogens is 1. The number of hydrogen-bond acceptors (Lipinski definition) is 5. The van der Waals surface area contributed by atoms with E-state index in [2.05, 4.69) is 39.4 Å². The van der Waals surface area contributed by atoms with E-state index in [1.165, 1.54) is 0 Å². The molecule has 8 nitrogen and oxygen atoms in total. The number of rotatable bonds is 9. The Balaban J connectivity index is 2.55. The first-order valence-electron chi connectivity index (χ1n) is 8.49. The average Bonchev–Trinajstić information content (AvgIpc) is 2.95. The molecular weight excluding hydrogens is 342 g/mol. The molecule has 0 saturated heterocycles. The van der Waals surface area contributed by atoms with Crippen LogP contribution in [0.4, 0.5) is 0 Å². The summed E-state index contributed by atoms with van der Waals surface area (Å²) in [6.07, 6.45) is 3.20. The second kappa shape index (κ2) is 9.19. The summed E-state index contributed by atoms with van der Waals surface area (Å²) >= 11 is 0. The molecule has 0 amide bonds. The summed E-state index contributed by atoms with van der Waals surface area (Å²) in [5.41, 5.74) is 0.336. The smallest absolute Gasteiger partial charge is 0.209 e. The molecule has 0 aliphatic heterocycles. The third-order valence-corrected chi connectivity index (χ3v) is 4.72. The molecule has 1 aromatic rings. The van der Waals surface area contributed by atoms with E-state index in [0.717, 1.165) is 30.6 Å². The minimum atomic E-state index is -3.28. The van der Waals surface area contributed by atoms with Crippen molar-refractivity contribution in [3.8, 4) is 0 Å². The molecule has 3 N–H and O–H groups in total. The van der Waals surface area contributed by atoms with Gasteiger partial charge in [0.05, 0.1) is 18.5 Å². The summed E-state index contributed by atoms with van der Waals surface area (Å²) in [7, 11) is -1.62. The van der Waals surface area contributed by atoms with E-state index in [1.807, 2.05) is 6.07 Å².